The number of carbonyl (C=O) groups is 2. The van der Waals surface area contributed by atoms with Gasteiger partial charge in [0.15, 0.2) is 12.4 Å². The largest absolute Gasteiger partial charge is 0.484 e. The van der Waals surface area contributed by atoms with Crippen LogP contribution < -0.4 is 4.74 Å². The van der Waals surface area contributed by atoms with E-state index >= 15 is 0 Å². The average Bonchev–Trinajstić information content (AvgIpc) is 3.49. The molecule has 37 heavy (non-hydrogen) atoms. The molecule has 2 aliphatic rings. The molecule has 0 N–H and O–H groups in total. The topological polar surface area (TPSA) is 75.5 Å². The van der Waals surface area contributed by atoms with Gasteiger partial charge < -0.3 is 23.7 Å². The first kappa shape index (κ1) is 25.0. The molecule has 0 aliphatic carbocycles. The summed E-state index contributed by atoms with van der Waals surface area (Å²) in [6.07, 6.45) is 2.25. The first-order valence-corrected chi connectivity index (χ1v) is 12.8. The van der Waals surface area contributed by atoms with E-state index in [2.05, 4.69) is 4.90 Å². The van der Waals surface area contributed by atoms with Gasteiger partial charge in [0.1, 0.15) is 5.75 Å². The molecule has 8 heteroatoms. The summed E-state index contributed by atoms with van der Waals surface area (Å²) < 4.78 is 16.6. The van der Waals surface area contributed by atoms with Crippen molar-refractivity contribution >= 4 is 11.8 Å². The number of methoxy groups -OCH3 is 1. The number of benzene rings is 2. The first-order valence-electron chi connectivity index (χ1n) is 12.8. The van der Waals surface area contributed by atoms with E-state index in [1.54, 1.807) is 19.2 Å². The summed E-state index contributed by atoms with van der Waals surface area (Å²) in [5, 5.41) is 0. The van der Waals surface area contributed by atoms with Crippen molar-refractivity contribution in [2.75, 3.05) is 59.6 Å². The molecule has 2 aromatic carbocycles. The number of rotatable bonds is 8. The fraction of sp³-hybridized carbons (Fsp3) is 0.379. The van der Waals surface area contributed by atoms with Crippen molar-refractivity contribution in [1.29, 1.82) is 0 Å². The number of furan rings is 1. The summed E-state index contributed by atoms with van der Waals surface area (Å²) >= 11 is 0. The highest BCUT2D eigenvalue weighted by atomic mass is 16.5. The van der Waals surface area contributed by atoms with Crippen LogP contribution in [-0.4, -0.2) is 86.1 Å². The van der Waals surface area contributed by atoms with Gasteiger partial charge in [-0.25, -0.2) is 0 Å². The second-order valence-electron chi connectivity index (χ2n) is 9.40. The van der Waals surface area contributed by atoms with Crippen LogP contribution in [0.25, 0.3) is 0 Å². The number of hydrogen-bond acceptors (Lipinski definition) is 6. The van der Waals surface area contributed by atoms with Crippen molar-refractivity contribution in [3.8, 4) is 5.75 Å². The molecule has 1 unspecified atom stereocenters. The molecule has 1 aromatic heterocycles. The van der Waals surface area contributed by atoms with E-state index < -0.39 is 0 Å². The number of piperazine rings is 1. The lowest BCUT2D eigenvalue weighted by Gasteiger charge is -2.37. The number of hydrogen-bond donors (Lipinski definition) is 0. The molecular formula is C29H33N3O5. The average molecular weight is 504 g/mol. The lowest BCUT2D eigenvalue weighted by molar-refractivity contribution is -0.135. The fourth-order valence-electron chi connectivity index (χ4n) is 5.12. The Balaban J connectivity index is 1.30. The van der Waals surface area contributed by atoms with Crippen molar-refractivity contribution in [2.45, 2.75) is 12.5 Å². The van der Waals surface area contributed by atoms with Crippen LogP contribution in [0.5, 0.6) is 5.75 Å². The summed E-state index contributed by atoms with van der Waals surface area (Å²) in [6.45, 7) is 5.21. The van der Waals surface area contributed by atoms with E-state index in [9.17, 15) is 9.59 Å². The Labute approximate surface area is 217 Å². The predicted molar refractivity (Wildman–Crippen MR) is 139 cm³/mol. The smallest absolute Gasteiger partial charge is 0.290 e. The zero-order valence-corrected chi connectivity index (χ0v) is 21.2. The van der Waals surface area contributed by atoms with E-state index in [1.165, 1.54) is 11.8 Å². The van der Waals surface area contributed by atoms with Gasteiger partial charge in [-0.15, -0.1) is 0 Å². The highest BCUT2D eigenvalue weighted by molar-refractivity contribution is 5.92. The van der Waals surface area contributed by atoms with Gasteiger partial charge in [0.05, 0.1) is 18.9 Å². The van der Waals surface area contributed by atoms with Crippen LogP contribution in [0.3, 0.4) is 0 Å². The van der Waals surface area contributed by atoms with Crippen LogP contribution >= 0.6 is 0 Å². The molecule has 1 atom stereocenters. The van der Waals surface area contributed by atoms with Gasteiger partial charge in [-0.2, -0.15) is 0 Å². The van der Waals surface area contributed by atoms with Crippen molar-refractivity contribution in [3.63, 3.8) is 0 Å². The van der Waals surface area contributed by atoms with E-state index in [0.717, 1.165) is 37.2 Å². The number of fused-ring (bicyclic) bond motifs is 1. The van der Waals surface area contributed by atoms with Crippen molar-refractivity contribution in [3.05, 3.63) is 89.4 Å². The maximum absolute atomic E-state index is 13.4. The molecule has 5 rings (SSSR count). The SMILES string of the molecule is COCCN1CCN(C(=O)COc2ccc3c(c2)C(c2ccccc2)N(C(=O)c2ccco2)CC3)CC1. The monoisotopic (exact) mass is 503 g/mol. The summed E-state index contributed by atoms with van der Waals surface area (Å²) in [6, 6.07) is 19.1. The molecule has 2 amide bonds. The minimum absolute atomic E-state index is 0.0120. The summed E-state index contributed by atoms with van der Waals surface area (Å²) in [5.41, 5.74) is 3.19. The van der Waals surface area contributed by atoms with Crippen LogP contribution in [0, 0.1) is 0 Å². The molecule has 3 aromatic rings. The Morgan fingerprint density at radius 3 is 2.51 bits per heavy atom. The standard InChI is InChI=1S/C29H33N3O5/c1-35-19-17-30-13-15-31(16-14-30)27(33)21-37-24-10-9-22-11-12-32(29(34)26-8-5-18-36-26)28(25(22)20-24)23-6-3-2-4-7-23/h2-10,18,20,28H,11-17,19,21H2,1H3. The summed E-state index contributed by atoms with van der Waals surface area (Å²) in [4.78, 5) is 32.2. The van der Waals surface area contributed by atoms with Gasteiger partial charge in [-0.05, 0) is 47.4 Å². The zero-order valence-electron chi connectivity index (χ0n) is 21.2. The van der Waals surface area contributed by atoms with E-state index in [1.807, 2.05) is 58.3 Å². The fourth-order valence-corrected chi connectivity index (χ4v) is 5.12. The molecular weight excluding hydrogens is 470 g/mol. The third kappa shape index (κ3) is 5.70. The summed E-state index contributed by atoms with van der Waals surface area (Å²) in [5.74, 6) is 0.790. The van der Waals surface area contributed by atoms with Gasteiger partial charge >= 0.3 is 0 Å². The van der Waals surface area contributed by atoms with Gasteiger partial charge in [-0.3, -0.25) is 14.5 Å². The van der Waals surface area contributed by atoms with Crippen LogP contribution in [0.2, 0.25) is 0 Å². The molecule has 194 valence electrons. The molecule has 8 nitrogen and oxygen atoms in total. The minimum atomic E-state index is -0.276. The summed E-state index contributed by atoms with van der Waals surface area (Å²) in [7, 11) is 1.70. The van der Waals surface area contributed by atoms with Crippen molar-refractivity contribution in [1.82, 2.24) is 14.7 Å². The third-order valence-electron chi connectivity index (χ3n) is 7.15. The quantitative estimate of drug-likeness (QED) is 0.470. The Kier molecular flexibility index (Phi) is 7.87. The van der Waals surface area contributed by atoms with E-state index in [0.29, 0.717) is 37.8 Å². The van der Waals surface area contributed by atoms with E-state index in [-0.39, 0.29) is 24.5 Å². The van der Waals surface area contributed by atoms with Crippen LogP contribution in [0.15, 0.2) is 71.3 Å². The maximum atomic E-state index is 13.4. The molecule has 0 radical (unpaired) electrons. The second kappa shape index (κ2) is 11.6. The third-order valence-corrected chi connectivity index (χ3v) is 7.15. The van der Waals surface area contributed by atoms with Crippen molar-refractivity contribution < 1.29 is 23.5 Å². The Hall–Kier alpha value is -3.62. The molecule has 1 saturated heterocycles. The number of carbonyl (C=O) groups excluding carboxylic acids is 2. The van der Waals surface area contributed by atoms with Gasteiger partial charge in [0.25, 0.3) is 11.8 Å². The van der Waals surface area contributed by atoms with Gasteiger partial charge in [-0.1, -0.05) is 36.4 Å². The Morgan fingerprint density at radius 1 is 0.973 bits per heavy atom. The van der Waals surface area contributed by atoms with Crippen molar-refractivity contribution in [2.24, 2.45) is 0 Å². The number of nitrogens with zero attached hydrogens (tertiary/aromatic N) is 3. The van der Waals surface area contributed by atoms with Crippen LogP contribution in [0.1, 0.15) is 33.3 Å². The second-order valence-corrected chi connectivity index (χ2v) is 9.40. The molecule has 2 aliphatic heterocycles. The van der Waals surface area contributed by atoms with Gasteiger partial charge in [0.2, 0.25) is 0 Å². The lowest BCUT2D eigenvalue weighted by Crippen LogP contribution is -2.50. The van der Waals surface area contributed by atoms with Crippen LogP contribution in [0.4, 0.5) is 0 Å². The highest BCUT2D eigenvalue weighted by Gasteiger charge is 2.34. The molecule has 1 fully saturated rings. The minimum Gasteiger partial charge on any atom is -0.484 e. The maximum Gasteiger partial charge on any atom is 0.290 e. The van der Waals surface area contributed by atoms with Crippen LogP contribution in [-0.2, 0) is 16.0 Å². The molecule has 0 saturated carbocycles. The number of amides is 2. The predicted octanol–water partition coefficient (Wildman–Crippen LogP) is 3.24. The van der Waals surface area contributed by atoms with E-state index in [4.69, 9.17) is 13.9 Å². The zero-order chi connectivity index (χ0) is 25.6. The number of ether oxygens (including phenoxy) is 2. The Bertz CT molecular complexity index is 1190. The van der Waals surface area contributed by atoms with Gasteiger partial charge in [0, 0.05) is 46.4 Å². The highest BCUT2D eigenvalue weighted by Crippen LogP contribution is 2.38. The molecule has 3 heterocycles. The lowest BCUT2D eigenvalue weighted by atomic mass is 9.87. The Morgan fingerprint density at radius 2 is 1.78 bits per heavy atom. The molecule has 0 spiro atoms. The molecule has 0 bridgehead atoms. The normalized spacial score (nSPS) is 17.9. The first-order chi connectivity index (χ1) is 18.1.